The van der Waals surface area contributed by atoms with Gasteiger partial charge in [0.05, 0.1) is 12.3 Å². The maximum absolute atomic E-state index is 9.78. The summed E-state index contributed by atoms with van der Waals surface area (Å²) in [4.78, 5) is 2.43. The number of nitrogens with zero attached hydrogens (tertiary/aromatic N) is 2. The zero-order chi connectivity index (χ0) is 15.8. The number of likely N-dealkylation sites (tertiary alicyclic amines) is 1. The average molecular weight is 306 g/mol. The van der Waals surface area contributed by atoms with Crippen molar-refractivity contribution < 1.29 is 5.11 Å². The number of hydrogen-bond acceptors (Lipinski definition) is 2. The molecule has 0 amide bonds. The first kappa shape index (κ1) is 14.5. The van der Waals surface area contributed by atoms with Gasteiger partial charge in [0.2, 0.25) is 0 Å². The van der Waals surface area contributed by atoms with Crippen molar-refractivity contribution in [1.29, 1.82) is 0 Å². The number of aliphatic hydroxyl groups excluding tert-OH is 1. The van der Waals surface area contributed by atoms with E-state index in [1.54, 1.807) is 0 Å². The third-order valence-corrected chi connectivity index (χ3v) is 4.99. The molecule has 0 bridgehead atoms. The minimum atomic E-state index is 0.0601. The highest BCUT2D eigenvalue weighted by molar-refractivity contribution is 5.72. The predicted octanol–water partition coefficient (Wildman–Crippen LogP) is 3.87. The van der Waals surface area contributed by atoms with Crippen LogP contribution in [-0.4, -0.2) is 28.0 Å². The van der Waals surface area contributed by atoms with Crippen LogP contribution < -0.4 is 0 Å². The SMILES string of the molecule is CN1CCCC1c1cccc(-c2c(CO)cc3ccccn23)c1. The Kier molecular flexibility index (Phi) is 3.68. The molecule has 4 rings (SSSR count). The summed E-state index contributed by atoms with van der Waals surface area (Å²) in [5.41, 5.74) is 5.75. The number of aromatic nitrogens is 1. The molecule has 0 aliphatic carbocycles. The minimum Gasteiger partial charge on any atom is -0.392 e. The van der Waals surface area contributed by atoms with Crippen LogP contribution in [0.15, 0.2) is 54.7 Å². The molecule has 0 spiro atoms. The lowest BCUT2D eigenvalue weighted by molar-refractivity contribution is 0.282. The highest BCUT2D eigenvalue weighted by Gasteiger charge is 2.23. The molecule has 1 atom stereocenters. The number of fused-ring (bicyclic) bond motifs is 1. The first-order valence-electron chi connectivity index (χ1n) is 8.28. The van der Waals surface area contributed by atoms with Crippen molar-refractivity contribution in [3.63, 3.8) is 0 Å². The lowest BCUT2D eigenvalue weighted by atomic mass is 9.99. The van der Waals surface area contributed by atoms with Crippen LogP contribution in [0.2, 0.25) is 0 Å². The molecule has 3 heteroatoms. The van der Waals surface area contributed by atoms with E-state index in [-0.39, 0.29) is 6.61 Å². The molecule has 23 heavy (non-hydrogen) atoms. The predicted molar refractivity (Wildman–Crippen MR) is 93.4 cm³/mol. The van der Waals surface area contributed by atoms with Crippen LogP contribution in [-0.2, 0) is 6.61 Å². The Morgan fingerprint density at radius 2 is 2.04 bits per heavy atom. The van der Waals surface area contributed by atoms with Crippen LogP contribution in [0, 0.1) is 0 Å². The first-order valence-corrected chi connectivity index (χ1v) is 8.28. The van der Waals surface area contributed by atoms with Gasteiger partial charge in [0.25, 0.3) is 0 Å². The van der Waals surface area contributed by atoms with Gasteiger partial charge < -0.3 is 9.51 Å². The summed E-state index contributed by atoms with van der Waals surface area (Å²) in [6, 6.07) is 17.5. The summed E-state index contributed by atoms with van der Waals surface area (Å²) < 4.78 is 2.17. The summed E-state index contributed by atoms with van der Waals surface area (Å²) in [6.07, 6.45) is 4.56. The Balaban J connectivity index is 1.85. The Bertz CT molecular complexity index is 837. The van der Waals surface area contributed by atoms with Gasteiger partial charge in [-0.3, -0.25) is 4.90 Å². The first-order chi connectivity index (χ1) is 11.3. The van der Waals surface area contributed by atoms with Crippen molar-refractivity contribution in [3.8, 4) is 11.3 Å². The largest absolute Gasteiger partial charge is 0.392 e. The van der Waals surface area contributed by atoms with E-state index in [4.69, 9.17) is 0 Å². The van der Waals surface area contributed by atoms with Gasteiger partial charge in [0.1, 0.15) is 0 Å². The molecule has 1 aromatic carbocycles. The summed E-state index contributed by atoms with van der Waals surface area (Å²) in [6.45, 7) is 1.23. The molecule has 1 aliphatic heterocycles. The van der Waals surface area contributed by atoms with Gasteiger partial charge in [-0.15, -0.1) is 0 Å². The maximum atomic E-state index is 9.78. The minimum absolute atomic E-state index is 0.0601. The highest BCUT2D eigenvalue weighted by Crippen LogP contribution is 2.34. The second kappa shape index (κ2) is 5.84. The Hall–Kier alpha value is -2.10. The third kappa shape index (κ3) is 2.46. The topological polar surface area (TPSA) is 27.9 Å². The second-order valence-corrected chi connectivity index (χ2v) is 6.44. The summed E-state index contributed by atoms with van der Waals surface area (Å²) in [5.74, 6) is 0. The highest BCUT2D eigenvalue weighted by atomic mass is 16.3. The molecule has 118 valence electrons. The van der Waals surface area contributed by atoms with Crippen molar-refractivity contribution >= 4 is 5.52 Å². The van der Waals surface area contributed by atoms with Crippen LogP contribution in [0.4, 0.5) is 0 Å². The monoisotopic (exact) mass is 306 g/mol. The average Bonchev–Trinajstić information content (AvgIpc) is 3.18. The van der Waals surface area contributed by atoms with E-state index in [0.29, 0.717) is 6.04 Å². The van der Waals surface area contributed by atoms with Gasteiger partial charge in [0.15, 0.2) is 0 Å². The van der Waals surface area contributed by atoms with E-state index in [2.05, 4.69) is 58.9 Å². The maximum Gasteiger partial charge on any atom is 0.0703 e. The Morgan fingerprint density at radius 3 is 2.83 bits per heavy atom. The van der Waals surface area contributed by atoms with Crippen LogP contribution in [0.25, 0.3) is 16.8 Å². The van der Waals surface area contributed by atoms with E-state index in [9.17, 15) is 5.11 Å². The second-order valence-electron chi connectivity index (χ2n) is 6.44. The van der Waals surface area contributed by atoms with Crippen molar-refractivity contribution in [1.82, 2.24) is 9.30 Å². The summed E-state index contributed by atoms with van der Waals surface area (Å²) in [5, 5.41) is 9.78. The third-order valence-electron chi connectivity index (χ3n) is 4.99. The number of pyridine rings is 1. The van der Waals surface area contributed by atoms with E-state index < -0.39 is 0 Å². The van der Waals surface area contributed by atoms with E-state index in [1.165, 1.54) is 30.5 Å². The number of hydrogen-bond donors (Lipinski definition) is 1. The van der Waals surface area contributed by atoms with E-state index >= 15 is 0 Å². The zero-order valence-corrected chi connectivity index (χ0v) is 13.4. The molecule has 0 saturated carbocycles. The number of aliphatic hydroxyl groups is 1. The quantitative estimate of drug-likeness (QED) is 0.795. The van der Waals surface area contributed by atoms with Crippen molar-refractivity contribution in [2.24, 2.45) is 0 Å². The molecule has 3 nitrogen and oxygen atoms in total. The summed E-state index contributed by atoms with van der Waals surface area (Å²) >= 11 is 0. The molecular weight excluding hydrogens is 284 g/mol. The molecule has 3 aromatic rings. The van der Waals surface area contributed by atoms with Gasteiger partial charge in [0, 0.05) is 23.3 Å². The molecular formula is C20H22N2O. The molecule has 1 aliphatic rings. The number of rotatable bonds is 3. The van der Waals surface area contributed by atoms with Gasteiger partial charge in [-0.1, -0.05) is 24.3 Å². The van der Waals surface area contributed by atoms with Crippen LogP contribution in [0.5, 0.6) is 0 Å². The zero-order valence-electron chi connectivity index (χ0n) is 13.4. The summed E-state index contributed by atoms with van der Waals surface area (Å²) in [7, 11) is 2.20. The molecule has 3 heterocycles. The van der Waals surface area contributed by atoms with Crippen molar-refractivity contribution in [3.05, 3.63) is 65.9 Å². The molecule has 1 unspecified atom stereocenters. The van der Waals surface area contributed by atoms with Crippen LogP contribution in [0.3, 0.4) is 0 Å². The molecule has 0 radical (unpaired) electrons. The van der Waals surface area contributed by atoms with Crippen molar-refractivity contribution in [2.75, 3.05) is 13.6 Å². The lowest BCUT2D eigenvalue weighted by Gasteiger charge is -2.20. The van der Waals surface area contributed by atoms with Gasteiger partial charge in [-0.05, 0) is 61.8 Å². The fourth-order valence-electron chi connectivity index (χ4n) is 3.85. The molecule has 1 N–H and O–H groups in total. The number of benzene rings is 1. The van der Waals surface area contributed by atoms with E-state index in [0.717, 1.165) is 16.8 Å². The molecule has 1 fully saturated rings. The normalized spacial score (nSPS) is 18.8. The fraction of sp³-hybridized carbons (Fsp3) is 0.300. The fourth-order valence-corrected chi connectivity index (χ4v) is 3.85. The Labute approximate surface area is 136 Å². The van der Waals surface area contributed by atoms with Crippen molar-refractivity contribution in [2.45, 2.75) is 25.5 Å². The van der Waals surface area contributed by atoms with Crippen LogP contribution in [0.1, 0.15) is 30.0 Å². The Morgan fingerprint density at radius 1 is 1.13 bits per heavy atom. The standard InChI is InChI=1S/C20H22N2O/c1-21-10-5-9-19(21)15-6-4-7-16(12-15)20-17(14-23)13-18-8-2-3-11-22(18)20/h2-4,6-8,11-13,19,23H,5,9-10,14H2,1H3. The van der Waals surface area contributed by atoms with Crippen LogP contribution >= 0.6 is 0 Å². The van der Waals surface area contributed by atoms with Gasteiger partial charge >= 0.3 is 0 Å². The smallest absolute Gasteiger partial charge is 0.0703 e. The van der Waals surface area contributed by atoms with Gasteiger partial charge in [-0.2, -0.15) is 0 Å². The van der Waals surface area contributed by atoms with E-state index in [1.807, 2.05) is 12.1 Å². The lowest BCUT2D eigenvalue weighted by Crippen LogP contribution is -2.17. The van der Waals surface area contributed by atoms with Gasteiger partial charge in [-0.25, -0.2) is 0 Å². The molecule has 1 saturated heterocycles. The molecule has 2 aromatic heterocycles.